The minimum Gasteiger partial charge on any atom is -0.493 e. The molecule has 2 aromatic rings. The molecule has 0 saturated carbocycles. The van der Waals surface area contributed by atoms with Crippen molar-refractivity contribution in [3.63, 3.8) is 0 Å². The van der Waals surface area contributed by atoms with Crippen LogP contribution in [0.25, 0.3) is 0 Å². The number of primary amides is 1. The van der Waals surface area contributed by atoms with Gasteiger partial charge in [0.15, 0.2) is 18.1 Å². The molecule has 1 aliphatic heterocycles. The number of amides is 2. The van der Waals surface area contributed by atoms with Crippen LogP contribution in [0, 0.1) is 0 Å². The molecule has 2 heterocycles. The van der Waals surface area contributed by atoms with Crippen LogP contribution in [0.5, 0.6) is 11.5 Å². The maximum absolute atomic E-state index is 12.8. The van der Waals surface area contributed by atoms with Crippen molar-refractivity contribution in [1.82, 2.24) is 9.13 Å². The SMILES string of the molecule is COc1cc([C@H]2CC(=O)Nc3c2c(=O)n(C)c(=O)n3C)ccc1OCC(N)=O. The first-order valence-electron chi connectivity index (χ1n) is 8.43. The second-order valence-electron chi connectivity index (χ2n) is 6.44. The molecule has 1 atom stereocenters. The summed E-state index contributed by atoms with van der Waals surface area (Å²) in [5.41, 5.74) is 5.04. The Morgan fingerprint density at radius 1 is 1.21 bits per heavy atom. The molecule has 10 heteroatoms. The van der Waals surface area contributed by atoms with Crippen LogP contribution in [0.4, 0.5) is 5.82 Å². The van der Waals surface area contributed by atoms with E-state index in [-0.39, 0.29) is 24.8 Å². The van der Waals surface area contributed by atoms with Crippen LogP contribution in [0.2, 0.25) is 0 Å². The van der Waals surface area contributed by atoms with E-state index in [4.69, 9.17) is 15.2 Å². The third-order valence-electron chi connectivity index (χ3n) is 4.66. The Hall–Kier alpha value is -3.56. The topological polar surface area (TPSA) is 135 Å². The third kappa shape index (κ3) is 3.24. The number of anilines is 1. The van der Waals surface area contributed by atoms with Gasteiger partial charge in [-0.3, -0.25) is 23.5 Å². The number of carbonyl (C=O) groups is 2. The van der Waals surface area contributed by atoms with E-state index < -0.39 is 23.1 Å². The van der Waals surface area contributed by atoms with Gasteiger partial charge in [-0.05, 0) is 17.7 Å². The van der Waals surface area contributed by atoms with Crippen molar-refractivity contribution in [3.05, 3.63) is 50.2 Å². The number of hydrogen-bond donors (Lipinski definition) is 2. The maximum Gasteiger partial charge on any atom is 0.332 e. The van der Waals surface area contributed by atoms with Gasteiger partial charge in [0.05, 0.1) is 12.7 Å². The van der Waals surface area contributed by atoms with Crippen LogP contribution in [0.15, 0.2) is 27.8 Å². The van der Waals surface area contributed by atoms with Crippen molar-refractivity contribution in [2.24, 2.45) is 19.8 Å². The normalized spacial score (nSPS) is 15.5. The number of nitrogens with zero attached hydrogens (tertiary/aromatic N) is 2. The van der Waals surface area contributed by atoms with E-state index in [1.807, 2.05) is 0 Å². The summed E-state index contributed by atoms with van der Waals surface area (Å²) in [5, 5.41) is 2.61. The van der Waals surface area contributed by atoms with E-state index >= 15 is 0 Å². The highest BCUT2D eigenvalue weighted by Gasteiger charge is 2.32. The minimum atomic E-state index is -0.631. The molecule has 1 aromatic heterocycles. The van der Waals surface area contributed by atoms with Gasteiger partial charge in [-0.15, -0.1) is 0 Å². The van der Waals surface area contributed by atoms with Crippen molar-refractivity contribution in [1.29, 1.82) is 0 Å². The summed E-state index contributed by atoms with van der Waals surface area (Å²) in [6, 6.07) is 4.89. The molecular formula is C18H20N4O6. The number of benzene rings is 1. The lowest BCUT2D eigenvalue weighted by Crippen LogP contribution is -2.44. The summed E-state index contributed by atoms with van der Waals surface area (Å²) in [4.78, 5) is 48.1. The fourth-order valence-corrected chi connectivity index (χ4v) is 3.26. The average Bonchev–Trinajstić information content (AvgIpc) is 2.68. The highest BCUT2D eigenvalue weighted by atomic mass is 16.5. The molecule has 0 aliphatic carbocycles. The molecule has 148 valence electrons. The third-order valence-corrected chi connectivity index (χ3v) is 4.66. The maximum atomic E-state index is 12.8. The van der Waals surface area contributed by atoms with Gasteiger partial charge in [0, 0.05) is 26.4 Å². The molecule has 3 N–H and O–H groups in total. The Bertz CT molecular complexity index is 1080. The van der Waals surface area contributed by atoms with Crippen LogP contribution in [-0.2, 0) is 23.7 Å². The van der Waals surface area contributed by atoms with Crippen molar-refractivity contribution < 1.29 is 19.1 Å². The first-order chi connectivity index (χ1) is 13.2. The fourth-order valence-electron chi connectivity index (χ4n) is 3.26. The summed E-state index contributed by atoms with van der Waals surface area (Å²) in [6.45, 7) is -0.312. The van der Waals surface area contributed by atoms with Crippen LogP contribution >= 0.6 is 0 Å². The Kier molecular flexibility index (Phi) is 4.95. The molecule has 10 nitrogen and oxygen atoms in total. The molecule has 0 saturated heterocycles. The molecule has 0 unspecified atom stereocenters. The largest absolute Gasteiger partial charge is 0.493 e. The summed E-state index contributed by atoms with van der Waals surface area (Å²) in [7, 11) is 4.31. The average molecular weight is 388 g/mol. The Labute approximate surface area is 159 Å². The predicted molar refractivity (Wildman–Crippen MR) is 99.7 cm³/mol. The smallest absolute Gasteiger partial charge is 0.332 e. The van der Waals surface area contributed by atoms with Gasteiger partial charge in [-0.25, -0.2) is 4.79 Å². The predicted octanol–water partition coefficient (Wildman–Crippen LogP) is -0.569. The zero-order valence-electron chi connectivity index (χ0n) is 15.6. The molecule has 0 bridgehead atoms. The van der Waals surface area contributed by atoms with Crippen molar-refractivity contribution >= 4 is 17.6 Å². The van der Waals surface area contributed by atoms with Gasteiger partial charge < -0.3 is 20.5 Å². The van der Waals surface area contributed by atoms with E-state index in [9.17, 15) is 19.2 Å². The second-order valence-corrected chi connectivity index (χ2v) is 6.44. The van der Waals surface area contributed by atoms with E-state index in [0.717, 1.165) is 4.57 Å². The van der Waals surface area contributed by atoms with Crippen LogP contribution in [0.3, 0.4) is 0 Å². The standard InChI is InChI=1S/C18H20N4O6/c1-21-16-15(17(25)22(2)18(21)26)10(7-14(24)20-16)9-4-5-11(12(6-9)27-3)28-8-13(19)23/h4-6,10H,7-8H2,1-3H3,(H2,19,23)(H,20,24)/t10-/m1/s1. The summed E-state index contributed by atoms with van der Waals surface area (Å²) in [6.07, 6.45) is 0.0328. The molecule has 28 heavy (non-hydrogen) atoms. The van der Waals surface area contributed by atoms with E-state index in [0.29, 0.717) is 22.6 Å². The van der Waals surface area contributed by atoms with E-state index in [1.165, 1.54) is 25.8 Å². The first kappa shape index (κ1) is 19.2. The van der Waals surface area contributed by atoms with Gasteiger partial charge in [0.2, 0.25) is 5.91 Å². The summed E-state index contributed by atoms with van der Waals surface area (Å²) in [5.74, 6) is -0.704. The van der Waals surface area contributed by atoms with Gasteiger partial charge in [-0.1, -0.05) is 6.07 Å². The molecule has 0 spiro atoms. The van der Waals surface area contributed by atoms with Crippen molar-refractivity contribution in [2.75, 3.05) is 19.0 Å². The molecule has 1 aliphatic rings. The number of methoxy groups -OCH3 is 1. The molecule has 2 amide bonds. The molecular weight excluding hydrogens is 368 g/mol. The van der Waals surface area contributed by atoms with E-state index in [1.54, 1.807) is 18.2 Å². The Morgan fingerprint density at radius 3 is 2.57 bits per heavy atom. The first-order valence-corrected chi connectivity index (χ1v) is 8.43. The Balaban J connectivity index is 2.13. The summed E-state index contributed by atoms with van der Waals surface area (Å²) >= 11 is 0. The Morgan fingerprint density at radius 2 is 1.93 bits per heavy atom. The highest BCUT2D eigenvalue weighted by molar-refractivity contribution is 5.94. The lowest BCUT2D eigenvalue weighted by Gasteiger charge is -2.27. The van der Waals surface area contributed by atoms with Gasteiger partial charge in [0.1, 0.15) is 5.82 Å². The van der Waals surface area contributed by atoms with Gasteiger partial charge in [-0.2, -0.15) is 0 Å². The molecule has 0 radical (unpaired) electrons. The number of nitrogens with one attached hydrogen (secondary N) is 1. The van der Waals surface area contributed by atoms with Crippen LogP contribution < -0.4 is 31.8 Å². The van der Waals surface area contributed by atoms with E-state index in [2.05, 4.69) is 5.32 Å². The zero-order chi connectivity index (χ0) is 20.6. The zero-order valence-corrected chi connectivity index (χ0v) is 15.6. The fraction of sp³-hybridized carbons (Fsp3) is 0.333. The molecule has 1 aromatic carbocycles. The van der Waals surface area contributed by atoms with Crippen LogP contribution in [-0.4, -0.2) is 34.7 Å². The van der Waals surface area contributed by atoms with Crippen molar-refractivity contribution in [2.45, 2.75) is 12.3 Å². The lowest BCUT2D eigenvalue weighted by atomic mass is 9.86. The van der Waals surface area contributed by atoms with Gasteiger partial charge >= 0.3 is 5.69 Å². The van der Waals surface area contributed by atoms with Gasteiger partial charge in [0.25, 0.3) is 11.5 Å². The second kappa shape index (κ2) is 7.22. The minimum absolute atomic E-state index is 0.0328. The monoisotopic (exact) mass is 388 g/mol. The lowest BCUT2D eigenvalue weighted by molar-refractivity contribution is -0.120. The number of nitrogens with two attached hydrogens (primary N) is 1. The number of carbonyl (C=O) groups excluding carboxylic acids is 2. The quantitative estimate of drug-likeness (QED) is 0.704. The number of aromatic nitrogens is 2. The number of rotatable bonds is 5. The number of fused-ring (bicyclic) bond motifs is 1. The van der Waals surface area contributed by atoms with Crippen molar-refractivity contribution in [3.8, 4) is 11.5 Å². The molecule has 3 rings (SSSR count). The number of ether oxygens (including phenoxy) is 2. The molecule has 0 fully saturated rings. The number of hydrogen-bond acceptors (Lipinski definition) is 6. The van der Waals surface area contributed by atoms with Crippen LogP contribution in [0.1, 0.15) is 23.5 Å². The highest BCUT2D eigenvalue weighted by Crippen LogP contribution is 2.38. The summed E-state index contributed by atoms with van der Waals surface area (Å²) < 4.78 is 12.9.